The predicted octanol–water partition coefficient (Wildman–Crippen LogP) is 2.85. The molecule has 1 aliphatic carbocycles. The standard InChI is InChI=1S/C21H25N3O4/c1-3-14-4-6-15(7-5-14)20-23-18(13(2)27-20)10-19(25)22-11-17-12-24(16-8-9-16)21(26)28-17/h4-7,16-17H,3,8-12H2,1-2H3,(H,22,25). The number of carbonyl (C=O) groups is 2. The third-order valence-electron chi connectivity index (χ3n) is 5.25. The maximum absolute atomic E-state index is 12.3. The van der Waals surface area contributed by atoms with Gasteiger partial charge in [-0.05, 0) is 43.9 Å². The van der Waals surface area contributed by atoms with Crippen molar-refractivity contribution in [2.24, 2.45) is 0 Å². The summed E-state index contributed by atoms with van der Waals surface area (Å²) in [6, 6.07) is 8.39. The van der Waals surface area contributed by atoms with Gasteiger partial charge in [0, 0.05) is 11.6 Å². The third kappa shape index (κ3) is 4.03. The van der Waals surface area contributed by atoms with Gasteiger partial charge in [-0.3, -0.25) is 4.79 Å². The average Bonchev–Trinajstić information content (AvgIpc) is 3.38. The molecule has 1 unspecified atom stereocenters. The quantitative estimate of drug-likeness (QED) is 0.795. The fourth-order valence-electron chi connectivity index (χ4n) is 3.37. The molecule has 1 aromatic carbocycles. The highest BCUT2D eigenvalue weighted by molar-refractivity contribution is 5.78. The minimum absolute atomic E-state index is 0.134. The monoisotopic (exact) mass is 383 g/mol. The topological polar surface area (TPSA) is 84.7 Å². The summed E-state index contributed by atoms with van der Waals surface area (Å²) in [5.41, 5.74) is 2.76. The molecular weight excluding hydrogens is 358 g/mol. The molecule has 2 amide bonds. The Morgan fingerprint density at radius 3 is 2.71 bits per heavy atom. The molecule has 0 radical (unpaired) electrons. The molecular formula is C21H25N3O4. The highest BCUT2D eigenvalue weighted by Gasteiger charge is 2.40. The minimum Gasteiger partial charge on any atom is -0.442 e. The van der Waals surface area contributed by atoms with Gasteiger partial charge in [-0.2, -0.15) is 0 Å². The predicted molar refractivity (Wildman–Crippen MR) is 103 cm³/mol. The number of amides is 2. The summed E-state index contributed by atoms with van der Waals surface area (Å²) in [7, 11) is 0. The second-order valence-corrected chi connectivity index (χ2v) is 7.44. The van der Waals surface area contributed by atoms with Crippen molar-refractivity contribution in [3.05, 3.63) is 41.3 Å². The van der Waals surface area contributed by atoms with Crippen molar-refractivity contribution in [1.82, 2.24) is 15.2 Å². The number of benzene rings is 1. The first-order valence-electron chi connectivity index (χ1n) is 9.83. The number of nitrogens with one attached hydrogen (secondary N) is 1. The number of oxazole rings is 1. The van der Waals surface area contributed by atoms with Gasteiger partial charge in [0.25, 0.3) is 0 Å². The molecule has 4 rings (SSSR count). The van der Waals surface area contributed by atoms with E-state index in [1.54, 1.807) is 4.90 Å². The van der Waals surface area contributed by atoms with Gasteiger partial charge in [0.2, 0.25) is 11.8 Å². The molecule has 2 heterocycles. The number of hydrogen-bond acceptors (Lipinski definition) is 5. The molecule has 1 atom stereocenters. The van der Waals surface area contributed by atoms with E-state index >= 15 is 0 Å². The molecule has 1 N–H and O–H groups in total. The van der Waals surface area contributed by atoms with E-state index < -0.39 is 0 Å². The van der Waals surface area contributed by atoms with Crippen LogP contribution in [0.5, 0.6) is 0 Å². The molecule has 7 heteroatoms. The lowest BCUT2D eigenvalue weighted by Crippen LogP contribution is -2.35. The molecule has 2 aromatic rings. The van der Waals surface area contributed by atoms with E-state index in [1.165, 1.54) is 5.56 Å². The Balaban J connectivity index is 1.32. The first-order chi connectivity index (χ1) is 13.5. The molecule has 0 bridgehead atoms. The summed E-state index contributed by atoms with van der Waals surface area (Å²) in [5.74, 6) is 0.995. The van der Waals surface area contributed by atoms with Crippen LogP contribution in [0.2, 0.25) is 0 Å². The zero-order chi connectivity index (χ0) is 19.7. The number of carbonyl (C=O) groups excluding carboxylic acids is 2. The summed E-state index contributed by atoms with van der Waals surface area (Å²) >= 11 is 0. The van der Waals surface area contributed by atoms with Gasteiger partial charge < -0.3 is 19.4 Å². The largest absolute Gasteiger partial charge is 0.442 e. The van der Waals surface area contributed by atoms with Crippen LogP contribution in [0.25, 0.3) is 11.5 Å². The van der Waals surface area contributed by atoms with Gasteiger partial charge in [0.1, 0.15) is 11.9 Å². The first-order valence-corrected chi connectivity index (χ1v) is 9.83. The second kappa shape index (κ2) is 7.66. The van der Waals surface area contributed by atoms with E-state index in [1.807, 2.05) is 19.1 Å². The summed E-state index contributed by atoms with van der Waals surface area (Å²) in [5, 5.41) is 2.84. The Bertz CT molecular complexity index is 870. The lowest BCUT2D eigenvalue weighted by atomic mass is 10.1. The number of hydrogen-bond donors (Lipinski definition) is 1. The van der Waals surface area contributed by atoms with Crippen LogP contribution in [-0.4, -0.2) is 47.1 Å². The molecule has 2 fully saturated rings. The van der Waals surface area contributed by atoms with Crippen molar-refractivity contribution in [1.29, 1.82) is 0 Å². The summed E-state index contributed by atoms with van der Waals surface area (Å²) in [6.07, 6.45) is 2.64. The second-order valence-electron chi connectivity index (χ2n) is 7.44. The highest BCUT2D eigenvalue weighted by Crippen LogP contribution is 2.30. The lowest BCUT2D eigenvalue weighted by Gasteiger charge is -2.11. The van der Waals surface area contributed by atoms with Crippen molar-refractivity contribution in [2.45, 2.75) is 51.7 Å². The molecule has 28 heavy (non-hydrogen) atoms. The van der Waals surface area contributed by atoms with Gasteiger partial charge in [-0.25, -0.2) is 9.78 Å². The molecule has 0 spiro atoms. The minimum atomic E-state index is -0.289. The van der Waals surface area contributed by atoms with Crippen LogP contribution in [0.1, 0.15) is 36.8 Å². The van der Waals surface area contributed by atoms with Crippen molar-refractivity contribution in [3.8, 4) is 11.5 Å². The summed E-state index contributed by atoms with van der Waals surface area (Å²) < 4.78 is 11.1. The Morgan fingerprint density at radius 2 is 2.04 bits per heavy atom. The number of rotatable bonds is 7. The third-order valence-corrected chi connectivity index (χ3v) is 5.25. The van der Waals surface area contributed by atoms with Crippen LogP contribution in [0.4, 0.5) is 4.79 Å². The van der Waals surface area contributed by atoms with E-state index in [-0.39, 0.29) is 24.5 Å². The van der Waals surface area contributed by atoms with Crippen LogP contribution in [-0.2, 0) is 22.4 Å². The average molecular weight is 383 g/mol. The summed E-state index contributed by atoms with van der Waals surface area (Å²) in [6.45, 7) is 4.78. The molecule has 148 valence electrons. The Kier molecular flexibility index (Phi) is 5.07. The molecule has 7 nitrogen and oxygen atoms in total. The summed E-state index contributed by atoms with van der Waals surface area (Å²) in [4.78, 5) is 30.4. The van der Waals surface area contributed by atoms with Crippen molar-refractivity contribution in [2.75, 3.05) is 13.1 Å². The van der Waals surface area contributed by atoms with Crippen LogP contribution in [0.3, 0.4) is 0 Å². The normalized spacial score (nSPS) is 19.0. The van der Waals surface area contributed by atoms with Crippen molar-refractivity contribution in [3.63, 3.8) is 0 Å². The first kappa shape index (κ1) is 18.5. The lowest BCUT2D eigenvalue weighted by molar-refractivity contribution is -0.120. The molecule has 1 saturated carbocycles. The Labute approximate surface area is 164 Å². The van der Waals surface area contributed by atoms with E-state index in [9.17, 15) is 9.59 Å². The maximum Gasteiger partial charge on any atom is 0.410 e. The Morgan fingerprint density at radius 1 is 1.29 bits per heavy atom. The van der Waals surface area contributed by atoms with E-state index in [0.717, 1.165) is 24.8 Å². The highest BCUT2D eigenvalue weighted by atomic mass is 16.6. The zero-order valence-electron chi connectivity index (χ0n) is 16.2. The molecule has 1 aliphatic heterocycles. The maximum atomic E-state index is 12.3. The van der Waals surface area contributed by atoms with Crippen LogP contribution < -0.4 is 5.32 Å². The van der Waals surface area contributed by atoms with Gasteiger partial charge in [-0.15, -0.1) is 0 Å². The van der Waals surface area contributed by atoms with Crippen LogP contribution in [0, 0.1) is 6.92 Å². The fourth-order valence-corrected chi connectivity index (χ4v) is 3.37. The van der Waals surface area contributed by atoms with Crippen LogP contribution in [0.15, 0.2) is 28.7 Å². The zero-order valence-corrected chi connectivity index (χ0v) is 16.2. The molecule has 1 aromatic heterocycles. The number of aromatic nitrogens is 1. The van der Waals surface area contributed by atoms with E-state index in [0.29, 0.717) is 36.5 Å². The SMILES string of the molecule is CCc1ccc(-c2nc(CC(=O)NCC3CN(C4CC4)C(=O)O3)c(C)o2)cc1. The molecule has 1 saturated heterocycles. The number of aryl methyl sites for hydroxylation is 2. The smallest absolute Gasteiger partial charge is 0.410 e. The van der Waals surface area contributed by atoms with Crippen molar-refractivity contribution >= 4 is 12.0 Å². The fraction of sp³-hybridized carbons (Fsp3) is 0.476. The molecule has 2 aliphatic rings. The van der Waals surface area contributed by atoms with Gasteiger partial charge in [-0.1, -0.05) is 19.1 Å². The van der Waals surface area contributed by atoms with Gasteiger partial charge in [0.05, 0.1) is 25.2 Å². The van der Waals surface area contributed by atoms with Crippen LogP contribution >= 0.6 is 0 Å². The van der Waals surface area contributed by atoms with Gasteiger partial charge >= 0.3 is 6.09 Å². The van der Waals surface area contributed by atoms with E-state index in [4.69, 9.17) is 9.15 Å². The number of ether oxygens (including phenoxy) is 1. The van der Waals surface area contributed by atoms with Gasteiger partial charge in [0.15, 0.2) is 0 Å². The number of cyclic esters (lactones) is 1. The van der Waals surface area contributed by atoms with Crippen molar-refractivity contribution < 1.29 is 18.7 Å². The number of nitrogens with zero attached hydrogens (tertiary/aromatic N) is 2. The Hall–Kier alpha value is -2.83. The van der Waals surface area contributed by atoms with E-state index in [2.05, 4.69) is 29.4 Å².